The predicted octanol–water partition coefficient (Wildman–Crippen LogP) is 2.76. The lowest BCUT2D eigenvalue weighted by Crippen LogP contribution is -2.39. The second kappa shape index (κ2) is 8.15. The second-order valence-corrected chi connectivity index (χ2v) is 9.70. The van der Waals surface area contributed by atoms with Gasteiger partial charge in [0, 0.05) is 43.5 Å². The van der Waals surface area contributed by atoms with Gasteiger partial charge in [0.1, 0.15) is 17.2 Å². The number of thioether (sulfide) groups is 1. The van der Waals surface area contributed by atoms with Crippen molar-refractivity contribution in [3.63, 3.8) is 0 Å². The third-order valence-corrected chi connectivity index (χ3v) is 7.11. The van der Waals surface area contributed by atoms with E-state index < -0.39 is 5.76 Å². The van der Waals surface area contributed by atoms with Gasteiger partial charge in [-0.05, 0) is 50.1 Å². The summed E-state index contributed by atoms with van der Waals surface area (Å²) < 4.78 is 6.42. The Morgan fingerprint density at radius 1 is 1.18 bits per heavy atom. The molecule has 1 saturated heterocycles. The zero-order chi connectivity index (χ0) is 23.4. The molecular formula is C23H25N7O3S. The first kappa shape index (κ1) is 21.2. The van der Waals surface area contributed by atoms with E-state index >= 15 is 0 Å². The van der Waals surface area contributed by atoms with E-state index in [2.05, 4.69) is 15.3 Å². The Bertz CT molecular complexity index is 1330. The van der Waals surface area contributed by atoms with Crippen molar-refractivity contribution in [2.45, 2.75) is 42.9 Å². The van der Waals surface area contributed by atoms with Crippen molar-refractivity contribution in [2.75, 3.05) is 34.5 Å². The molecule has 1 amide bonds. The third kappa shape index (κ3) is 3.64. The summed E-state index contributed by atoms with van der Waals surface area (Å²) in [4.78, 5) is 39.4. The molecule has 10 nitrogen and oxygen atoms in total. The van der Waals surface area contributed by atoms with Gasteiger partial charge in [-0.1, -0.05) is 17.8 Å². The van der Waals surface area contributed by atoms with Crippen LogP contribution in [0.15, 0.2) is 38.6 Å². The molecule has 1 N–H and O–H groups in total. The Labute approximate surface area is 200 Å². The van der Waals surface area contributed by atoms with E-state index in [1.807, 2.05) is 30.5 Å². The zero-order valence-corrected chi connectivity index (χ0v) is 19.8. The van der Waals surface area contributed by atoms with E-state index in [1.165, 1.54) is 11.8 Å². The van der Waals surface area contributed by atoms with Gasteiger partial charge in [0.15, 0.2) is 5.16 Å². The van der Waals surface area contributed by atoms with E-state index in [4.69, 9.17) is 14.4 Å². The molecule has 34 heavy (non-hydrogen) atoms. The van der Waals surface area contributed by atoms with Crippen LogP contribution in [-0.4, -0.2) is 57.1 Å². The Morgan fingerprint density at radius 2 is 2.03 bits per heavy atom. The minimum absolute atomic E-state index is 0.125. The fourth-order valence-corrected chi connectivity index (χ4v) is 5.04. The number of anilines is 3. The number of carbonyl (C=O) groups is 1. The zero-order valence-electron chi connectivity index (χ0n) is 19.0. The molecule has 2 aromatic heterocycles. The van der Waals surface area contributed by atoms with Gasteiger partial charge in [-0.25, -0.2) is 14.8 Å². The van der Waals surface area contributed by atoms with E-state index in [9.17, 15) is 9.59 Å². The second-order valence-electron chi connectivity index (χ2n) is 8.93. The Morgan fingerprint density at radius 3 is 2.76 bits per heavy atom. The molecule has 176 valence electrons. The van der Waals surface area contributed by atoms with Crippen LogP contribution < -0.4 is 20.9 Å². The Hall–Kier alpha value is -3.34. The fraction of sp³-hybridized carbons (Fsp3) is 0.435. The maximum atomic E-state index is 14.1. The van der Waals surface area contributed by atoms with Gasteiger partial charge >= 0.3 is 5.76 Å². The average molecular weight is 480 g/mol. The predicted molar refractivity (Wildman–Crippen MR) is 130 cm³/mol. The maximum absolute atomic E-state index is 14.1. The number of aromatic nitrogens is 4. The number of amides is 1. The molecule has 2 fully saturated rings. The van der Waals surface area contributed by atoms with Crippen molar-refractivity contribution < 1.29 is 9.21 Å². The fourth-order valence-electron chi connectivity index (χ4n) is 4.68. The highest BCUT2D eigenvalue weighted by Crippen LogP contribution is 2.39. The summed E-state index contributed by atoms with van der Waals surface area (Å²) in [5.41, 5.74) is 1.90. The van der Waals surface area contributed by atoms with Crippen molar-refractivity contribution in [1.82, 2.24) is 19.7 Å². The molecule has 11 heteroatoms. The number of benzene rings is 1. The van der Waals surface area contributed by atoms with Crippen LogP contribution in [0.4, 0.5) is 17.3 Å². The largest absolute Gasteiger partial charge is 0.437 e. The number of nitrogens with zero attached hydrogens (tertiary/aromatic N) is 6. The van der Waals surface area contributed by atoms with Gasteiger partial charge in [0.2, 0.25) is 5.89 Å². The minimum Gasteiger partial charge on any atom is -0.388 e. The summed E-state index contributed by atoms with van der Waals surface area (Å²) in [5, 5.41) is 8.30. The van der Waals surface area contributed by atoms with E-state index in [0.29, 0.717) is 34.7 Å². The minimum atomic E-state index is -0.528. The van der Waals surface area contributed by atoms with Crippen molar-refractivity contribution in [1.29, 1.82) is 0 Å². The van der Waals surface area contributed by atoms with Crippen LogP contribution >= 0.6 is 11.8 Å². The maximum Gasteiger partial charge on any atom is 0.437 e. The quantitative estimate of drug-likeness (QED) is 0.436. The molecule has 1 saturated carbocycles. The van der Waals surface area contributed by atoms with E-state index in [1.54, 1.807) is 11.9 Å². The number of aryl methyl sites for hydroxylation is 1. The van der Waals surface area contributed by atoms with Crippen molar-refractivity contribution in [3.05, 3.63) is 40.4 Å². The Balaban J connectivity index is 1.46. The van der Waals surface area contributed by atoms with Gasteiger partial charge in [-0.15, -0.1) is 5.10 Å². The Kier molecular flexibility index (Phi) is 5.09. The van der Waals surface area contributed by atoms with Gasteiger partial charge in [0.25, 0.3) is 5.91 Å². The normalized spacial score (nSPS) is 19.7. The van der Waals surface area contributed by atoms with Gasteiger partial charge in [-0.3, -0.25) is 4.79 Å². The van der Waals surface area contributed by atoms with E-state index in [0.717, 1.165) is 48.4 Å². The first-order valence-electron chi connectivity index (χ1n) is 11.5. The first-order valence-corrected chi connectivity index (χ1v) is 12.7. The number of hydrogen-bond acceptors (Lipinski definition) is 9. The lowest BCUT2D eigenvalue weighted by Gasteiger charge is -2.27. The van der Waals surface area contributed by atoms with Crippen LogP contribution in [0, 0.1) is 0 Å². The molecule has 0 bridgehead atoms. The number of nitrogens with one attached hydrogen (secondary N) is 1. The van der Waals surface area contributed by atoms with Crippen LogP contribution in [0.25, 0.3) is 11.5 Å². The van der Waals surface area contributed by atoms with Crippen molar-refractivity contribution in [3.8, 4) is 11.5 Å². The molecular weight excluding hydrogens is 454 g/mol. The molecule has 4 heterocycles. The first-order chi connectivity index (χ1) is 16.5. The summed E-state index contributed by atoms with van der Waals surface area (Å²) in [6, 6.07) is 7.93. The topological polar surface area (TPSA) is 109 Å². The highest BCUT2D eigenvalue weighted by atomic mass is 32.2. The van der Waals surface area contributed by atoms with Gasteiger partial charge in [0.05, 0.1) is 0 Å². The molecule has 6 rings (SSSR count). The number of carbonyl (C=O) groups excluding carboxylic acids is 1. The van der Waals surface area contributed by atoms with Crippen LogP contribution in [0.1, 0.15) is 36.0 Å². The lowest BCUT2D eigenvalue weighted by molar-refractivity contribution is 0.0988. The third-order valence-electron chi connectivity index (χ3n) is 6.57. The SMILES string of the molecule is CSc1nc(NC2CC2)c2c(n1)N1CCCC1CN(c1cccc(-c3nn(C)c(=O)o3)c1)C2=O. The standard InChI is InChI=1S/C23H25N7O3S/c1-28-23(32)33-20(27-28)13-5-3-6-15(11-13)30-12-16-7-4-10-29(16)19-17(21(30)31)18(24-14-8-9-14)25-22(26-19)34-2/h3,5-6,11,14,16H,4,7-10,12H2,1-2H3,(H,24,25,26). The number of hydrogen-bond donors (Lipinski definition) is 1. The van der Waals surface area contributed by atoms with Gasteiger partial charge < -0.3 is 19.5 Å². The van der Waals surface area contributed by atoms with E-state index in [-0.39, 0.29) is 17.8 Å². The molecule has 0 spiro atoms. The van der Waals surface area contributed by atoms with Gasteiger partial charge in [-0.2, -0.15) is 4.68 Å². The number of fused-ring (bicyclic) bond motifs is 3. The summed E-state index contributed by atoms with van der Waals surface area (Å²) in [6.45, 7) is 1.41. The highest BCUT2D eigenvalue weighted by molar-refractivity contribution is 7.98. The monoisotopic (exact) mass is 479 g/mol. The summed E-state index contributed by atoms with van der Waals surface area (Å²) in [6.07, 6.45) is 6.15. The molecule has 0 radical (unpaired) electrons. The molecule has 3 aliphatic rings. The van der Waals surface area contributed by atoms with Crippen molar-refractivity contribution in [2.24, 2.45) is 7.05 Å². The highest BCUT2D eigenvalue weighted by Gasteiger charge is 2.40. The molecule has 1 aliphatic carbocycles. The summed E-state index contributed by atoms with van der Waals surface area (Å²) in [5.74, 6) is 0.915. The molecule has 3 aromatic rings. The lowest BCUT2D eigenvalue weighted by atomic mass is 10.1. The average Bonchev–Trinajstić information content (AvgIpc) is 3.45. The number of rotatable bonds is 5. The van der Waals surface area contributed by atoms with Crippen LogP contribution in [0.2, 0.25) is 0 Å². The van der Waals surface area contributed by atoms with Crippen LogP contribution in [0.3, 0.4) is 0 Å². The van der Waals surface area contributed by atoms with Crippen molar-refractivity contribution >= 4 is 35.0 Å². The summed E-state index contributed by atoms with van der Waals surface area (Å²) >= 11 is 1.49. The molecule has 1 atom stereocenters. The van der Waals surface area contributed by atoms with Crippen LogP contribution in [-0.2, 0) is 7.05 Å². The molecule has 1 unspecified atom stereocenters. The molecule has 1 aromatic carbocycles. The van der Waals surface area contributed by atoms with Crippen LogP contribution in [0.5, 0.6) is 0 Å². The smallest absolute Gasteiger partial charge is 0.388 e. The molecule has 2 aliphatic heterocycles. The summed E-state index contributed by atoms with van der Waals surface area (Å²) in [7, 11) is 1.54.